The van der Waals surface area contributed by atoms with Crippen LogP contribution in [-0.4, -0.2) is 144 Å². The van der Waals surface area contributed by atoms with Crippen molar-refractivity contribution < 1.29 is 28.8 Å². The molecule has 0 heterocycles. The third kappa shape index (κ3) is 12.6. The van der Waals surface area contributed by atoms with Gasteiger partial charge in [0.2, 0.25) is 35.4 Å². The van der Waals surface area contributed by atoms with Crippen molar-refractivity contribution in [2.75, 3.05) is 49.3 Å². The third-order valence-electron chi connectivity index (χ3n) is 10.3. The molecule has 0 radical (unpaired) electrons. The van der Waals surface area contributed by atoms with Crippen LogP contribution in [0.3, 0.4) is 0 Å². The van der Waals surface area contributed by atoms with Gasteiger partial charge in [-0.25, -0.2) is 0 Å². The van der Waals surface area contributed by atoms with Crippen molar-refractivity contribution in [3.05, 3.63) is 35.9 Å². The van der Waals surface area contributed by atoms with Crippen LogP contribution in [0.1, 0.15) is 86.1 Å². The molecule has 0 aliphatic rings. The lowest BCUT2D eigenvalue weighted by molar-refractivity contribution is -0.157. The number of benzene rings is 1. The molecule has 0 aromatic heterocycles. The molecular weight excluding hydrogens is 684 g/mol. The van der Waals surface area contributed by atoms with Crippen molar-refractivity contribution in [1.29, 1.82) is 0 Å². The highest BCUT2D eigenvalue weighted by Gasteiger charge is 2.43. The molecule has 12 nitrogen and oxygen atoms in total. The Morgan fingerprint density at radius 1 is 0.556 bits per heavy atom. The highest BCUT2D eigenvalue weighted by Crippen LogP contribution is 2.23. The van der Waals surface area contributed by atoms with Crippen molar-refractivity contribution in [2.24, 2.45) is 17.8 Å². The molecule has 1 aromatic carbocycles. The Balaban J connectivity index is 3.31. The molecule has 5 atom stereocenters. The molecule has 54 heavy (non-hydrogen) atoms. The normalized spacial score (nSPS) is 14.0. The molecule has 0 fully saturated rings. The van der Waals surface area contributed by atoms with Gasteiger partial charge >= 0.3 is 0 Å². The van der Waals surface area contributed by atoms with Gasteiger partial charge in [-0.05, 0) is 43.1 Å². The fourth-order valence-electron chi connectivity index (χ4n) is 6.94. The SMILES string of the molecule is C#CCCCCCC(=O)N(C)[C@H](C(=O)N(C)[C@H](C(=O)N(C)[C@H](C(=O)N(C)[C@@H](C)C(=O)N(C)[C@@H](Cc1ccccc1)C(=O)N(C)C)C(C)C)C(C)C)C(C)C. The lowest BCUT2D eigenvalue weighted by atomic mass is 9.94. The Hall–Kier alpha value is -4.40. The predicted octanol–water partition coefficient (Wildman–Crippen LogP) is 4.02. The second-order valence-electron chi connectivity index (χ2n) is 15.7. The van der Waals surface area contributed by atoms with E-state index in [2.05, 4.69) is 5.92 Å². The van der Waals surface area contributed by atoms with Crippen LogP contribution in [0.4, 0.5) is 0 Å². The minimum atomic E-state index is -0.962. The molecule has 1 rings (SSSR count). The molecule has 0 bridgehead atoms. The molecule has 0 unspecified atom stereocenters. The Morgan fingerprint density at radius 3 is 1.43 bits per heavy atom. The van der Waals surface area contributed by atoms with E-state index in [1.807, 2.05) is 71.9 Å². The summed E-state index contributed by atoms with van der Waals surface area (Å²) >= 11 is 0. The van der Waals surface area contributed by atoms with Crippen LogP contribution in [0.15, 0.2) is 30.3 Å². The number of amides is 6. The van der Waals surface area contributed by atoms with Gasteiger partial charge in [0.15, 0.2) is 0 Å². The largest absolute Gasteiger partial charge is 0.347 e. The van der Waals surface area contributed by atoms with Gasteiger partial charge in [-0.15, -0.1) is 12.3 Å². The first-order valence-corrected chi connectivity index (χ1v) is 19.1. The van der Waals surface area contributed by atoms with E-state index in [-0.39, 0.29) is 35.5 Å². The van der Waals surface area contributed by atoms with Crippen molar-refractivity contribution >= 4 is 35.4 Å². The van der Waals surface area contributed by atoms with E-state index in [1.165, 1.54) is 36.4 Å². The van der Waals surface area contributed by atoms with Gasteiger partial charge in [0.1, 0.15) is 30.2 Å². The Kier molecular flexibility index (Phi) is 19.5. The van der Waals surface area contributed by atoms with E-state index in [9.17, 15) is 28.8 Å². The summed E-state index contributed by atoms with van der Waals surface area (Å²) in [4.78, 5) is 91.6. The van der Waals surface area contributed by atoms with E-state index in [0.29, 0.717) is 25.7 Å². The van der Waals surface area contributed by atoms with Crippen molar-refractivity contribution in [3.8, 4) is 12.3 Å². The van der Waals surface area contributed by atoms with Crippen LogP contribution in [-0.2, 0) is 35.2 Å². The Bertz CT molecular complexity index is 1450. The van der Waals surface area contributed by atoms with Gasteiger partial charge in [-0.2, -0.15) is 0 Å². The number of nitrogens with zero attached hydrogens (tertiary/aromatic N) is 6. The average molecular weight is 753 g/mol. The molecule has 0 aliphatic carbocycles. The van der Waals surface area contributed by atoms with Crippen LogP contribution in [0.25, 0.3) is 0 Å². The van der Waals surface area contributed by atoms with Crippen LogP contribution in [0, 0.1) is 30.1 Å². The summed E-state index contributed by atoms with van der Waals surface area (Å²) in [5.41, 5.74) is 0.891. The van der Waals surface area contributed by atoms with Gasteiger partial charge in [0.05, 0.1) is 0 Å². The van der Waals surface area contributed by atoms with Crippen LogP contribution in [0.5, 0.6) is 0 Å². The molecule has 0 aliphatic heterocycles. The number of hydrogen-bond acceptors (Lipinski definition) is 6. The van der Waals surface area contributed by atoms with E-state index in [4.69, 9.17) is 6.42 Å². The topological polar surface area (TPSA) is 122 Å². The van der Waals surface area contributed by atoms with E-state index in [1.54, 1.807) is 49.2 Å². The second kappa shape index (κ2) is 22.1. The van der Waals surface area contributed by atoms with E-state index in [0.717, 1.165) is 18.4 Å². The maximum absolute atomic E-state index is 14.4. The maximum Gasteiger partial charge on any atom is 0.246 e. The fourth-order valence-corrected chi connectivity index (χ4v) is 6.94. The van der Waals surface area contributed by atoms with Crippen LogP contribution >= 0.6 is 0 Å². The summed E-state index contributed by atoms with van der Waals surface area (Å²) in [7, 11) is 11.1. The van der Waals surface area contributed by atoms with Gasteiger partial charge in [0, 0.05) is 68.6 Å². The number of likely N-dealkylation sites (N-methyl/N-ethyl adjacent to an activating group) is 6. The Labute approximate surface area is 325 Å². The fraction of sp³-hybridized carbons (Fsp3) is 0.667. The first-order valence-electron chi connectivity index (χ1n) is 19.1. The zero-order valence-corrected chi connectivity index (χ0v) is 35.5. The smallest absolute Gasteiger partial charge is 0.246 e. The highest BCUT2D eigenvalue weighted by atomic mass is 16.2. The number of rotatable bonds is 20. The molecule has 6 amide bonds. The molecule has 302 valence electrons. The zero-order chi connectivity index (χ0) is 41.6. The van der Waals surface area contributed by atoms with Crippen LogP contribution in [0.2, 0.25) is 0 Å². The summed E-state index contributed by atoms with van der Waals surface area (Å²) in [6.45, 7) is 12.7. The third-order valence-corrected chi connectivity index (χ3v) is 10.3. The second-order valence-corrected chi connectivity index (χ2v) is 15.7. The minimum absolute atomic E-state index is 0.152. The van der Waals surface area contributed by atoms with Gasteiger partial charge in [0.25, 0.3) is 0 Å². The summed E-state index contributed by atoms with van der Waals surface area (Å²) in [6, 6.07) is 4.98. The number of terminal acetylenes is 1. The lowest BCUT2D eigenvalue weighted by Crippen LogP contribution is -2.61. The molecule has 0 N–H and O–H groups in total. The number of carbonyl (C=O) groups is 6. The number of hydrogen-bond donors (Lipinski definition) is 0. The molecular formula is C42H68N6O6. The van der Waals surface area contributed by atoms with Gasteiger partial charge in [-0.3, -0.25) is 28.8 Å². The summed E-state index contributed by atoms with van der Waals surface area (Å²) in [5.74, 6) is -0.359. The summed E-state index contributed by atoms with van der Waals surface area (Å²) in [6.07, 6.45) is 8.91. The van der Waals surface area contributed by atoms with E-state index < -0.39 is 47.9 Å². The standard InChI is InChI=1S/C42H68N6O6/c1-16-17-18-19-23-26-34(49)46(13)35(28(2)3)41(53)48(15)37(30(6)7)42(54)47(14)36(29(4)5)40(52)44(11)31(8)38(50)45(12)33(39(51)43(9)10)27-32-24-21-20-22-25-32/h1,20-22,24-25,28-31,33,35-37H,17-19,23,26-27H2,2-15H3/t31-,33-,35-,36-,37-/m0/s1. The minimum Gasteiger partial charge on any atom is -0.347 e. The monoisotopic (exact) mass is 753 g/mol. The van der Waals surface area contributed by atoms with Crippen LogP contribution < -0.4 is 0 Å². The first kappa shape index (κ1) is 47.6. The highest BCUT2D eigenvalue weighted by molar-refractivity contribution is 5.96. The quantitative estimate of drug-likeness (QED) is 0.147. The van der Waals surface area contributed by atoms with Crippen molar-refractivity contribution in [2.45, 2.75) is 117 Å². The summed E-state index contributed by atoms with van der Waals surface area (Å²) < 4.78 is 0. The molecule has 1 aromatic rings. The summed E-state index contributed by atoms with van der Waals surface area (Å²) in [5, 5.41) is 0. The van der Waals surface area contributed by atoms with Gasteiger partial charge < -0.3 is 29.4 Å². The zero-order valence-electron chi connectivity index (χ0n) is 35.5. The maximum atomic E-state index is 14.4. The Morgan fingerprint density at radius 2 is 1.00 bits per heavy atom. The first-order chi connectivity index (χ1) is 25.1. The molecule has 12 heteroatoms. The van der Waals surface area contributed by atoms with Gasteiger partial charge in [-0.1, -0.05) is 78.3 Å². The molecule has 0 saturated carbocycles. The molecule has 0 spiro atoms. The van der Waals surface area contributed by atoms with Crippen molar-refractivity contribution in [3.63, 3.8) is 0 Å². The average Bonchev–Trinajstić information content (AvgIpc) is 3.11. The number of carbonyl (C=O) groups excluding carboxylic acids is 6. The lowest BCUT2D eigenvalue weighted by Gasteiger charge is -2.41. The van der Waals surface area contributed by atoms with Crippen molar-refractivity contribution in [1.82, 2.24) is 29.4 Å². The predicted molar refractivity (Wildman–Crippen MR) is 214 cm³/mol. The number of unbranched alkanes of at least 4 members (excludes halogenated alkanes) is 3. The van der Waals surface area contributed by atoms with E-state index >= 15 is 0 Å². The molecule has 0 saturated heterocycles.